The van der Waals surface area contributed by atoms with E-state index >= 15 is 0 Å². The number of allylic oxidation sites excluding steroid dienone is 5. The standard InChI is InChI=1S/C22H25NO2/c1-5-7-8-16(3)9-10-18(6-2)21-15-22(25-23-21)20-13-11-19(12-14-20)17(4)24/h6,9-15H,2,5,7-8H2,1,3-4H3/b16-9+,18-10+. The van der Waals surface area contributed by atoms with Crippen molar-refractivity contribution in [1.29, 1.82) is 0 Å². The summed E-state index contributed by atoms with van der Waals surface area (Å²) in [6, 6.07) is 9.22. The number of hydrogen-bond acceptors (Lipinski definition) is 3. The summed E-state index contributed by atoms with van der Waals surface area (Å²) < 4.78 is 5.46. The second-order valence-corrected chi connectivity index (χ2v) is 6.15. The Hall–Kier alpha value is -2.68. The zero-order valence-corrected chi connectivity index (χ0v) is 15.2. The Morgan fingerprint density at radius 1 is 1.20 bits per heavy atom. The Kier molecular flexibility index (Phi) is 6.70. The molecule has 0 spiro atoms. The van der Waals surface area contributed by atoms with Crippen molar-refractivity contribution < 1.29 is 9.32 Å². The monoisotopic (exact) mass is 335 g/mol. The largest absolute Gasteiger partial charge is 0.356 e. The van der Waals surface area contributed by atoms with E-state index in [-0.39, 0.29) is 5.78 Å². The number of carbonyl (C=O) groups excluding carboxylic acids is 1. The molecule has 1 aromatic carbocycles. The zero-order chi connectivity index (χ0) is 18.2. The predicted octanol–water partition coefficient (Wildman–Crippen LogP) is 6.25. The Morgan fingerprint density at radius 3 is 2.52 bits per heavy atom. The molecule has 0 saturated carbocycles. The van der Waals surface area contributed by atoms with Gasteiger partial charge in [0.1, 0.15) is 5.69 Å². The average molecular weight is 335 g/mol. The number of ketones is 1. The van der Waals surface area contributed by atoms with Crippen LogP contribution in [0.15, 0.2) is 65.2 Å². The maximum atomic E-state index is 11.4. The molecule has 2 aromatic rings. The fraction of sp³-hybridized carbons (Fsp3) is 0.273. The Balaban J connectivity index is 2.20. The quantitative estimate of drug-likeness (QED) is 0.423. The fourth-order valence-electron chi connectivity index (χ4n) is 2.45. The van der Waals surface area contributed by atoms with E-state index in [2.05, 4.69) is 31.7 Å². The molecular weight excluding hydrogens is 310 g/mol. The number of aromatic nitrogens is 1. The number of rotatable bonds is 8. The van der Waals surface area contributed by atoms with Gasteiger partial charge in [0.25, 0.3) is 0 Å². The van der Waals surface area contributed by atoms with E-state index in [1.54, 1.807) is 25.1 Å². The third kappa shape index (κ3) is 5.15. The smallest absolute Gasteiger partial charge is 0.167 e. The third-order valence-corrected chi connectivity index (χ3v) is 4.07. The first kappa shape index (κ1) is 18.7. The predicted molar refractivity (Wildman–Crippen MR) is 103 cm³/mol. The van der Waals surface area contributed by atoms with Crippen molar-refractivity contribution >= 4 is 11.4 Å². The number of carbonyl (C=O) groups is 1. The van der Waals surface area contributed by atoms with Gasteiger partial charge in [-0.1, -0.05) is 73.1 Å². The second-order valence-electron chi connectivity index (χ2n) is 6.15. The van der Waals surface area contributed by atoms with E-state index in [1.165, 1.54) is 18.4 Å². The van der Waals surface area contributed by atoms with E-state index in [0.29, 0.717) is 11.3 Å². The highest BCUT2D eigenvalue weighted by atomic mass is 16.5. The van der Waals surface area contributed by atoms with E-state index in [1.807, 2.05) is 24.3 Å². The van der Waals surface area contributed by atoms with Gasteiger partial charge in [0.05, 0.1) is 0 Å². The molecule has 0 atom stereocenters. The molecule has 0 aliphatic rings. The van der Waals surface area contributed by atoms with Crippen molar-refractivity contribution in [2.45, 2.75) is 40.0 Å². The first-order chi connectivity index (χ1) is 12.0. The summed E-state index contributed by atoms with van der Waals surface area (Å²) in [4.78, 5) is 11.4. The maximum absolute atomic E-state index is 11.4. The van der Waals surface area contributed by atoms with Crippen LogP contribution < -0.4 is 0 Å². The number of unbranched alkanes of at least 4 members (excludes halogenated alkanes) is 1. The Morgan fingerprint density at radius 2 is 1.92 bits per heavy atom. The summed E-state index contributed by atoms with van der Waals surface area (Å²) in [5.41, 5.74) is 4.58. The number of Topliss-reactive ketones (excluding diaryl/α,β-unsaturated/α-hetero) is 1. The molecular formula is C22H25NO2. The highest BCUT2D eigenvalue weighted by Crippen LogP contribution is 2.25. The van der Waals surface area contributed by atoms with Crippen LogP contribution in [0, 0.1) is 0 Å². The Labute approximate surface area is 149 Å². The van der Waals surface area contributed by atoms with E-state index in [0.717, 1.165) is 23.3 Å². The SMILES string of the molecule is C=C/C(=C\C=C(/C)CCCC)c1cc(-c2ccc(C(C)=O)cc2)on1. The van der Waals surface area contributed by atoms with Crippen LogP contribution in [-0.4, -0.2) is 10.9 Å². The molecule has 0 N–H and O–H groups in total. The van der Waals surface area contributed by atoms with Gasteiger partial charge in [-0.05, 0) is 26.7 Å². The average Bonchev–Trinajstić information content (AvgIpc) is 3.10. The lowest BCUT2D eigenvalue weighted by atomic mass is 10.1. The lowest BCUT2D eigenvalue weighted by Gasteiger charge is -1.98. The fourth-order valence-corrected chi connectivity index (χ4v) is 2.45. The van der Waals surface area contributed by atoms with Gasteiger partial charge in [-0.2, -0.15) is 0 Å². The molecule has 1 aromatic heterocycles. The molecule has 0 bridgehead atoms. The number of hydrogen-bond donors (Lipinski definition) is 0. The summed E-state index contributed by atoms with van der Waals surface area (Å²) in [6.45, 7) is 9.76. The molecule has 0 saturated heterocycles. The minimum Gasteiger partial charge on any atom is -0.356 e. The maximum Gasteiger partial charge on any atom is 0.167 e. The van der Waals surface area contributed by atoms with Crippen LogP contribution in [0.4, 0.5) is 0 Å². The van der Waals surface area contributed by atoms with Gasteiger partial charge < -0.3 is 4.52 Å². The van der Waals surface area contributed by atoms with E-state index in [4.69, 9.17) is 4.52 Å². The summed E-state index contributed by atoms with van der Waals surface area (Å²) in [5.74, 6) is 0.719. The molecule has 3 nitrogen and oxygen atoms in total. The molecule has 25 heavy (non-hydrogen) atoms. The van der Waals surface area contributed by atoms with Gasteiger partial charge in [-0.15, -0.1) is 0 Å². The highest BCUT2D eigenvalue weighted by Gasteiger charge is 2.09. The van der Waals surface area contributed by atoms with Crippen molar-refractivity contribution in [3.8, 4) is 11.3 Å². The molecule has 0 unspecified atom stereocenters. The van der Waals surface area contributed by atoms with Crippen molar-refractivity contribution in [1.82, 2.24) is 5.16 Å². The van der Waals surface area contributed by atoms with Crippen molar-refractivity contribution in [3.05, 3.63) is 72.0 Å². The van der Waals surface area contributed by atoms with Crippen molar-refractivity contribution in [2.24, 2.45) is 0 Å². The number of benzene rings is 1. The summed E-state index contributed by atoms with van der Waals surface area (Å²) in [5, 5.41) is 4.15. The van der Waals surface area contributed by atoms with Crippen LogP contribution >= 0.6 is 0 Å². The molecule has 0 amide bonds. The highest BCUT2D eigenvalue weighted by molar-refractivity contribution is 5.94. The molecule has 0 fully saturated rings. The van der Waals surface area contributed by atoms with Crippen LogP contribution in [0.25, 0.3) is 16.9 Å². The van der Waals surface area contributed by atoms with Gasteiger partial charge in [0.2, 0.25) is 0 Å². The third-order valence-electron chi connectivity index (χ3n) is 4.07. The van der Waals surface area contributed by atoms with Crippen LogP contribution in [0.2, 0.25) is 0 Å². The lowest BCUT2D eigenvalue weighted by molar-refractivity contribution is 0.101. The lowest BCUT2D eigenvalue weighted by Crippen LogP contribution is -1.90. The first-order valence-corrected chi connectivity index (χ1v) is 8.63. The van der Waals surface area contributed by atoms with Gasteiger partial charge in [-0.25, -0.2) is 0 Å². The number of nitrogens with zero attached hydrogens (tertiary/aromatic N) is 1. The molecule has 130 valence electrons. The van der Waals surface area contributed by atoms with Crippen molar-refractivity contribution in [2.75, 3.05) is 0 Å². The van der Waals surface area contributed by atoms with Crippen LogP contribution in [-0.2, 0) is 0 Å². The molecule has 1 heterocycles. The van der Waals surface area contributed by atoms with Gasteiger partial charge in [0, 0.05) is 22.8 Å². The first-order valence-electron chi connectivity index (χ1n) is 8.63. The topological polar surface area (TPSA) is 43.1 Å². The minimum absolute atomic E-state index is 0.0481. The van der Waals surface area contributed by atoms with Gasteiger partial charge >= 0.3 is 0 Å². The molecule has 0 aliphatic heterocycles. The Bertz CT molecular complexity index is 792. The second kappa shape index (κ2) is 8.97. The molecule has 0 radical (unpaired) electrons. The van der Waals surface area contributed by atoms with Gasteiger partial charge in [0.15, 0.2) is 11.5 Å². The summed E-state index contributed by atoms with van der Waals surface area (Å²) in [7, 11) is 0. The van der Waals surface area contributed by atoms with Crippen LogP contribution in [0.1, 0.15) is 56.1 Å². The van der Waals surface area contributed by atoms with Crippen LogP contribution in [0.5, 0.6) is 0 Å². The van der Waals surface area contributed by atoms with Crippen molar-refractivity contribution in [3.63, 3.8) is 0 Å². The molecule has 0 aliphatic carbocycles. The summed E-state index contributed by atoms with van der Waals surface area (Å²) >= 11 is 0. The normalized spacial score (nSPS) is 12.3. The molecule has 2 rings (SSSR count). The minimum atomic E-state index is 0.0481. The summed E-state index contributed by atoms with van der Waals surface area (Å²) in [6.07, 6.45) is 9.41. The van der Waals surface area contributed by atoms with Gasteiger partial charge in [-0.3, -0.25) is 4.79 Å². The zero-order valence-electron chi connectivity index (χ0n) is 15.2. The molecule has 3 heteroatoms. The van der Waals surface area contributed by atoms with E-state index in [9.17, 15) is 4.79 Å². The van der Waals surface area contributed by atoms with Crippen LogP contribution in [0.3, 0.4) is 0 Å². The van der Waals surface area contributed by atoms with E-state index < -0.39 is 0 Å².